The molecule has 4 heteroatoms. The van der Waals surface area contributed by atoms with Crippen LogP contribution >= 0.6 is 0 Å². The normalized spacial score (nSPS) is 23.7. The van der Waals surface area contributed by atoms with Crippen molar-refractivity contribution in [1.29, 1.82) is 0 Å². The molecule has 1 amide bonds. The third-order valence-electron chi connectivity index (χ3n) is 3.59. The Labute approximate surface area is 102 Å². The monoisotopic (exact) mass is 235 g/mol. The smallest absolute Gasteiger partial charge is 0.227 e. The average molecular weight is 235 g/mol. The number of nitrogens with zero attached hydrogens (tertiary/aromatic N) is 1. The van der Waals surface area contributed by atoms with Crippen LogP contribution in [0.5, 0.6) is 0 Å². The number of aromatic nitrogens is 1. The van der Waals surface area contributed by atoms with Crippen molar-refractivity contribution in [2.24, 2.45) is 5.73 Å². The Morgan fingerprint density at radius 3 is 3.06 bits per heavy atom. The number of aromatic amines is 1. The minimum Gasteiger partial charge on any atom is -0.367 e. The molecule has 1 unspecified atom stereocenters. The van der Waals surface area contributed by atoms with Crippen molar-refractivity contribution in [2.75, 3.05) is 6.54 Å². The number of likely N-dealkylation sites (tertiary alicyclic amines) is 1. The molecule has 1 aromatic heterocycles. The van der Waals surface area contributed by atoms with Gasteiger partial charge in [0.05, 0.1) is 6.42 Å². The summed E-state index contributed by atoms with van der Waals surface area (Å²) in [5, 5.41) is 0. The quantitative estimate of drug-likeness (QED) is 0.811. The van der Waals surface area contributed by atoms with Crippen molar-refractivity contribution < 1.29 is 4.79 Å². The van der Waals surface area contributed by atoms with E-state index in [1.54, 1.807) is 0 Å². The molecular weight excluding hydrogens is 214 g/mol. The zero-order valence-electron chi connectivity index (χ0n) is 10.6. The molecule has 0 radical (unpaired) electrons. The van der Waals surface area contributed by atoms with Crippen molar-refractivity contribution in [1.82, 2.24) is 9.88 Å². The Hall–Kier alpha value is -1.29. The van der Waals surface area contributed by atoms with E-state index in [2.05, 4.69) is 18.8 Å². The molecule has 1 fully saturated rings. The van der Waals surface area contributed by atoms with Gasteiger partial charge in [0.1, 0.15) is 0 Å². The highest BCUT2D eigenvalue weighted by Crippen LogP contribution is 2.27. The van der Waals surface area contributed by atoms with Crippen LogP contribution < -0.4 is 5.73 Å². The van der Waals surface area contributed by atoms with E-state index >= 15 is 0 Å². The van der Waals surface area contributed by atoms with Gasteiger partial charge in [0.2, 0.25) is 5.91 Å². The van der Waals surface area contributed by atoms with Gasteiger partial charge >= 0.3 is 0 Å². The second-order valence-corrected chi connectivity index (χ2v) is 5.51. The van der Waals surface area contributed by atoms with Gasteiger partial charge in [0.25, 0.3) is 0 Å². The molecule has 0 bridgehead atoms. The number of nitrogens with one attached hydrogen (secondary N) is 1. The second kappa shape index (κ2) is 4.53. The lowest BCUT2D eigenvalue weighted by molar-refractivity contribution is -0.138. The van der Waals surface area contributed by atoms with Gasteiger partial charge in [0.15, 0.2) is 0 Å². The summed E-state index contributed by atoms with van der Waals surface area (Å²) in [5.41, 5.74) is 6.92. The number of hydrogen-bond donors (Lipinski definition) is 2. The van der Waals surface area contributed by atoms with E-state index in [9.17, 15) is 4.79 Å². The molecule has 4 nitrogen and oxygen atoms in total. The molecule has 1 saturated heterocycles. The van der Waals surface area contributed by atoms with Crippen molar-refractivity contribution in [2.45, 2.75) is 44.7 Å². The number of H-pyrrole nitrogens is 1. The number of nitrogens with two attached hydrogens (primary N) is 1. The van der Waals surface area contributed by atoms with Crippen LogP contribution in [0.25, 0.3) is 0 Å². The molecule has 1 aromatic rings. The molecule has 1 aliphatic heterocycles. The van der Waals surface area contributed by atoms with Crippen LogP contribution in [0.15, 0.2) is 18.5 Å². The number of amides is 1. The molecule has 0 aliphatic carbocycles. The molecule has 0 aromatic carbocycles. The summed E-state index contributed by atoms with van der Waals surface area (Å²) in [5.74, 6) is 0.171. The van der Waals surface area contributed by atoms with Crippen LogP contribution in [0.3, 0.4) is 0 Å². The van der Waals surface area contributed by atoms with E-state index in [1.807, 2.05) is 23.4 Å². The van der Waals surface area contributed by atoms with E-state index < -0.39 is 0 Å². The molecule has 2 heterocycles. The fourth-order valence-electron chi connectivity index (χ4n) is 2.42. The van der Waals surface area contributed by atoms with Crippen molar-refractivity contribution >= 4 is 5.91 Å². The summed E-state index contributed by atoms with van der Waals surface area (Å²) < 4.78 is 0. The van der Waals surface area contributed by atoms with E-state index in [1.165, 1.54) is 0 Å². The summed E-state index contributed by atoms with van der Waals surface area (Å²) in [7, 11) is 0. The van der Waals surface area contributed by atoms with E-state index in [-0.39, 0.29) is 17.5 Å². The number of hydrogen-bond acceptors (Lipinski definition) is 2. The Kier molecular flexibility index (Phi) is 3.24. The lowest BCUT2D eigenvalue weighted by Crippen LogP contribution is -2.57. The highest BCUT2D eigenvalue weighted by Gasteiger charge is 2.35. The van der Waals surface area contributed by atoms with Gasteiger partial charge in [-0.3, -0.25) is 4.79 Å². The summed E-state index contributed by atoms with van der Waals surface area (Å²) >= 11 is 0. The van der Waals surface area contributed by atoms with Gasteiger partial charge in [-0.1, -0.05) is 0 Å². The highest BCUT2D eigenvalue weighted by atomic mass is 16.2. The molecule has 0 spiro atoms. The minimum absolute atomic E-state index is 0.0662. The molecule has 2 rings (SSSR count). The summed E-state index contributed by atoms with van der Waals surface area (Å²) in [6, 6.07) is 2.06. The molecule has 3 N–H and O–H groups in total. The fraction of sp³-hybridized carbons (Fsp3) is 0.615. The summed E-state index contributed by atoms with van der Waals surface area (Å²) in [6.45, 7) is 4.91. The van der Waals surface area contributed by atoms with Crippen molar-refractivity contribution in [3.63, 3.8) is 0 Å². The zero-order valence-corrected chi connectivity index (χ0v) is 10.6. The molecule has 94 valence electrons. The lowest BCUT2D eigenvalue weighted by atomic mass is 9.88. The van der Waals surface area contributed by atoms with Gasteiger partial charge < -0.3 is 15.6 Å². The number of piperidine rings is 1. The van der Waals surface area contributed by atoms with Crippen LogP contribution in [-0.4, -0.2) is 33.9 Å². The van der Waals surface area contributed by atoms with Crippen LogP contribution in [0.2, 0.25) is 0 Å². The summed E-state index contributed by atoms with van der Waals surface area (Å²) in [4.78, 5) is 17.2. The SMILES string of the molecule is CC1(C)CCC(N)CN1C(=O)Cc1cc[nH]c1. The number of rotatable bonds is 2. The maximum absolute atomic E-state index is 12.3. The van der Waals surface area contributed by atoms with Crippen LogP contribution in [-0.2, 0) is 11.2 Å². The van der Waals surface area contributed by atoms with Gasteiger partial charge in [0, 0.05) is 30.5 Å². The predicted molar refractivity (Wildman–Crippen MR) is 67.5 cm³/mol. The minimum atomic E-state index is -0.0662. The van der Waals surface area contributed by atoms with Gasteiger partial charge in [-0.2, -0.15) is 0 Å². The van der Waals surface area contributed by atoms with Crippen molar-refractivity contribution in [3.8, 4) is 0 Å². The lowest BCUT2D eigenvalue weighted by Gasteiger charge is -2.44. The first-order chi connectivity index (χ1) is 7.99. The number of carbonyl (C=O) groups is 1. The van der Waals surface area contributed by atoms with E-state index in [0.29, 0.717) is 13.0 Å². The maximum atomic E-state index is 12.3. The largest absolute Gasteiger partial charge is 0.367 e. The first kappa shape index (κ1) is 12.2. The topological polar surface area (TPSA) is 62.1 Å². The average Bonchev–Trinajstić information content (AvgIpc) is 2.74. The number of carbonyl (C=O) groups excluding carboxylic acids is 1. The van der Waals surface area contributed by atoms with Gasteiger partial charge in [-0.15, -0.1) is 0 Å². The van der Waals surface area contributed by atoms with Crippen LogP contribution in [0, 0.1) is 0 Å². The molecule has 0 saturated carbocycles. The third-order valence-corrected chi connectivity index (χ3v) is 3.59. The summed E-state index contributed by atoms with van der Waals surface area (Å²) in [6.07, 6.45) is 6.15. The molecule has 1 atom stereocenters. The first-order valence-electron chi connectivity index (χ1n) is 6.17. The Morgan fingerprint density at radius 2 is 2.41 bits per heavy atom. The van der Waals surface area contributed by atoms with E-state index in [4.69, 9.17) is 5.73 Å². The first-order valence-corrected chi connectivity index (χ1v) is 6.17. The predicted octanol–water partition coefficient (Wildman–Crippen LogP) is 1.29. The second-order valence-electron chi connectivity index (χ2n) is 5.51. The molecular formula is C13H21N3O. The van der Waals surface area contributed by atoms with Crippen LogP contribution in [0.4, 0.5) is 0 Å². The van der Waals surface area contributed by atoms with E-state index in [0.717, 1.165) is 18.4 Å². The fourth-order valence-corrected chi connectivity index (χ4v) is 2.42. The molecule has 1 aliphatic rings. The Bertz CT molecular complexity index is 383. The maximum Gasteiger partial charge on any atom is 0.227 e. The third kappa shape index (κ3) is 2.69. The van der Waals surface area contributed by atoms with Crippen molar-refractivity contribution in [3.05, 3.63) is 24.0 Å². The zero-order chi connectivity index (χ0) is 12.5. The Morgan fingerprint density at radius 1 is 1.65 bits per heavy atom. The van der Waals surface area contributed by atoms with Gasteiger partial charge in [-0.25, -0.2) is 0 Å². The standard InChI is InChI=1S/C13H21N3O/c1-13(2)5-3-11(14)9-16(13)12(17)7-10-4-6-15-8-10/h4,6,8,11,15H,3,5,7,9,14H2,1-2H3. The molecule has 17 heavy (non-hydrogen) atoms. The van der Waals surface area contributed by atoms with Crippen LogP contribution in [0.1, 0.15) is 32.3 Å². The Balaban J connectivity index is 2.06. The van der Waals surface area contributed by atoms with Gasteiger partial charge in [-0.05, 0) is 38.3 Å². The highest BCUT2D eigenvalue weighted by molar-refractivity contribution is 5.79.